The summed E-state index contributed by atoms with van der Waals surface area (Å²) in [4.78, 5) is 33.0. The Hall–Kier alpha value is -3.13. The number of carbonyl (C=O) groups excluding carboxylic acids is 1. The van der Waals surface area contributed by atoms with Gasteiger partial charge in [-0.3, -0.25) is 9.59 Å². The number of aryl methyl sites for hydroxylation is 2. The number of aromatic nitrogens is 2. The topological polar surface area (TPSA) is 96.1 Å². The van der Waals surface area contributed by atoms with E-state index in [9.17, 15) is 9.59 Å². The molecule has 3 heterocycles. The highest BCUT2D eigenvalue weighted by Gasteiger charge is 2.16. The van der Waals surface area contributed by atoms with Gasteiger partial charge in [0.05, 0.1) is 16.8 Å². The molecule has 138 valence electrons. The van der Waals surface area contributed by atoms with E-state index in [0.29, 0.717) is 39.7 Å². The first kappa shape index (κ1) is 17.3. The predicted octanol–water partition coefficient (Wildman–Crippen LogP) is 2.69. The summed E-state index contributed by atoms with van der Waals surface area (Å²) >= 11 is 1.50. The lowest BCUT2D eigenvalue weighted by molar-refractivity contribution is -0.118. The molecular formula is C19H18N4O3S. The van der Waals surface area contributed by atoms with Crippen LogP contribution in [-0.2, 0) is 11.3 Å². The van der Waals surface area contributed by atoms with Crippen molar-refractivity contribution in [2.75, 3.05) is 11.9 Å². The first-order valence-electron chi connectivity index (χ1n) is 8.41. The van der Waals surface area contributed by atoms with Gasteiger partial charge in [0.1, 0.15) is 10.6 Å². The molecule has 4 rings (SSSR count). The number of nitrogens with one attached hydrogen (secondary N) is 3. The van der Waals surface area contributed by atoms with Crippen LogP contribution < -0.4 is 20.9 Å². The number of hydrogen-bond donors (Lipinski definition) is 3. The number of hydrogen-bond acceptors (Lipinski definition) is 6. The quantitative estimate of drug-likeness (QED) is 0.645. The fourth-order valence-corrected chi connectivity index (χ4v) is 3.96. The van der Waals surface area contributed by atoms with E-state index in [2.05, 4.69) is 27.2 Å². The lowest BCUT2D eigenvalue weighted by Crippen LogP contribution is -2.25. The van der Waals surface area contributed by atoms with Crippen LogP contribution in [0.1, 0.15) is 21.8 Å². The first-order valence-corrected chi connectivity index (χ1v) is 9.23. The fraction of sp³-hybridized carbons (Fsp3) is 0.211. The third-order valence-corrected chi connectivity index (χ3v) is 5.61. The molecule has 1 aromatic carbocycles. The van der Waals surface area contributed by atoms with E-state index in [0.717, 1.165) is 16.0 Å². The molecule has 1 aliphatic rings. The van der Waals surface area contributed by atoms with Crippen molar-refractivity contribution in [2.24, 2.45) is 0 Å². The monoisotopic (exact) mass is 382 g/mol. The summed E-state index contributed by atoms with van der Waals surface area (Å²) in [7, 11) is 0. The van der Waals surface area contributed by atoms with E-state index >= 15 is 0 Å². The maximum atomic E-state index is 12.4. The van der Waals surface area contributed by atoms with Crippen LogP contribution in [0.15, 0.2) is 29.6 Å². The van der Waals surface area contributed by atoms with Gasteiger partial charge >= 0.3 is 0 Å². The zero-order valence-corrected chi connectivity index (χ0v) is 15.8. The Morgan fingerprint density at radius 3 is 3.00 bits per heavy atom. The summed E-state index contributed by atoms with van der Waals surface area (Å²) in [5.74, 6) is 0.897. The molecule has 0 radical (unpaired) electrons. The normalized spacial score (nSPS) is 13.0. The Bertz CT molecular complexity index is 1150. The summed E-state index contributed by atoms with van der Waals surface area (Å²) < 4.78 is 5.35. The van der Waals surface area contributed by atoms with Gasteiger partial charge in [-0.1, -0.05) is 12.6 Å². The van der Waals surface area contributed by atoms with Gasteiger partial charge in [0, 0.05) is 11.4 Å². The largest absolute Gasteiger partial charge is 0.482 e. The number of rotatable bonds is 4. The Morgan fingerprint density at radius 1 is 1.37 bits per heavy atom. The zero-order chi connectivity index (χ0) is 19.1. The minimum atomic E-state index is -0.173. The number of H-pyrrole nitrogens is 1. The Morgan fingerprint density at radius 2 is 2.19 bits per heavy atom. The second-order valence-corrected chi connectivity index (χ2v) is 7.58. The predicted molar refractivity (Wildman–Crippen MR) is 106 cm³/mol. The minimum absolute atomic E-state index is 0.0323. The standard InChI is InChI=1S/C19H18N4O3S/c1-9-11(3)27-19-16(9)18(25)22-17(23-19)10(2)20-7-12-4-5-14-13(6-12)21-15(24)8-26-14/h4-6,20H,2,7-8H2,1,3H3,(H,21,24)(H,22,23,25). The van der Waals surface area contributed by atoms with Gasteiger partial charge in [-0.2, -0.15) is 0 Å². The van der Waals surface area contributed by atoms with Crippen molar-refractivity contribution in [3.8, 4) is 5.75 Å². The molecule has 27 heavy (non-hydrogen) atoms. The number of anilines is 1. The lowest BCUT2D eigenvalue weighted by Gasteiger charge is -2.18. The maximum absolute atomic E-state index is 12.4. The second-order valence-electron chi connectivity index (χ2n) is 6.38. The number of fused-ring (bicyclic) bond motifs is 2. The van der Waals surface area contributed by atoms with Gasteiger partial charge in [-0.25, -0.2) is 4.98 Å². The number of thiophene rings is 1. The van der Waals surface area contributed by atoms with Crippen LogP contribution in [0, 0.1) is 13.8 Å². The van der Waals surface area contributed by atoms with Gasteiger partial charge < -0.3 is 20.4 Å². The van der Waals surface area contributed by atoms with Crippen LogP contribution in [0.5, 0.6) is 5.75 Å². The van der Waals surface area contributed by atoms with Crippen LogP contribution in [0.25, 0.3) is 15.9 Å². The van der Waals surface area contributed by atoms with Crippen LogP contribution in [0.2, 0.25) is 0 Å². The highest BCUT2D eigenvalue weighted by atomic mass is 32.1. The smallest absolute Gasteiger partial charge is 0.262 e. The molecule has 2 aromatic heterocycles. The van der Waals surface area contributed by atoms with Gasteiger partial charge in [-0.05, 0) is 37.1 Å². The minimum Gasteiger partial charge on any atom is -0.482 e. The molecule has 0 saturated heterocycles. The molecule has 8 heteroatoms. The van der Waals surface area contributed by atoms with Crippen molar-refractivity contribution >= 4 is 38.8 Å². The molecular weight excluding hydrogens is 364 g/mol. The Kier molecular flexibility index (Phi) is 4.19. The third kappa shape index (κ3) is 3.19. The van der Waals surface area contributed by atoms with Crippen LogP contribution in [0.3, 0.4) is 0 Å². The molecule has 0 bridgehead atoms. The molecule has 0 spiro atoms. The SMILES string of the molecule is C=C(NCc1ccc2c(c1)NC(=O)CO2)c1nc2sc(C)c(C)c2c(=O)[nH]1. The molecule has 0 atom stereocenters. The number of amides is 1. The van der Waals surface area contributed by atoms with Gasteiger partial charge in [0.25, 0.3) is 11.5 Å². The number of carbonyl (C=O) groups is 1. The highest BCUT2D eigenvalue weighted by molar-refractivity contribution is 7.18. The molecule has 3 aromatic rings. The van der Waals surface area contributed by atoms with E-state index in [4.69, 9.17) is 4.74 Å². The maximum Gasteiger partial charge on any atom is 0.262 e. The summed E-state index contributed by atoms with van der Waals surface area (Å²) in [6, 6.07) is 5.57. The molecule has 1 amide bonds. The average molecular weight is 382 g/mol. The molecule has 3 N–H and O–H groups in total. The summed E-state index contributed by atoms with van der Waals surface area (Å²) in [5, 5.41) is 6.59. The Balaban J connectivity index is 1.53. The van der Waals surface area contributed by atoms with Crippen molar-refractivity contribution < 1.29 is 9.53 Å². The van der Waals surface area contributed by atoms with Gasteiger partial charge in [-0.15, -0.1) is 11.3 Å². The van der Waals surface area contributed by atoms with E-state index in [1.54, 1.807) is 0 Å². The van der Waals surface area contributed by atoms with E-state index in [1.165, 1.54) is 11.3 Å². The van der Waals surface area contributed by atoms with E-state index < -0.39 is 0 Å². The summed E-state index contributed by atoms with van der Waals surface area (Å²) in [5.41, 5.74) is 2.91. The molecule has 0 unspecified atom stereocenters. The molecule has 0 saturated carbocycles. The zero-order valence-electron chi connectivity index (χ0n) is 14.9. The summed E-state index contributed by atoms with van der Waals surface area (Å²) in [6.45, 7) is 8.39. The van der Waals surface area contributed by atoms with Crippen molar-refractivity contribution in [1.82, 2.24) is 15.3 Å². The van der Waals surface area contributed by atoms with Crippen LogP contribution in [-0.4, -0.2) is 22.5 Å². The van der Waals surface area contributed by atoms with Crippen LogP contribution >= 0.6 is 11.3 Å². The van der Waals surface area contributed by atoms with Crippen molar-refractivity contribution in [1.29, 1.82) is 0 Å². The Labute approximate surface area is 159 Å². The average Bonchev–Trinajstić information content (AvgIpc) is 2.93. The number of nitrogens with zero attached hydrogens (tertiary/aromatic N) is 1. The number of benzene rings is 1. The number of ether oxygens (including phenoxy) is 1. The van der Waals surface area contributed by atoms with Crippen molar-refractivity contribution in [3.05, 3.63) is 57.0 Å². The number of aromatic amines is 1. The molecule has 1 aliphatic heterocycles. The van der Waals surface area contributed by atoms with Crippen molar-refractivity contribution in [2.45, 2.75) is 20.4 Å². The third-order valence-electron chi connectivity index (χ3n) is 4.51. The second kappa shape index (κ2) is 6.55. The van der Waals surface area contributed by atoms with Gasteiger partial charge in [0.15, 0.2) is 12.4 Å². The molecule has 0 aliphatic carbocycles. The molecule has 7 nitrogen and oxygen atoms in total. The lowest BCUT2D eigenvalue weighted by atomic mass is 10.1. The molecule has 0 fully saturated rings. The highest BCUT2D eigenvalue weighted by Crippen LogP contribution is 2.29. The van der Waals surface area contributed by atoms with Gasteiger partial charge in [0.2, 0.25) is 0 Å². The summed E-state index contributed by atoms with van der Waals surface area (Å²) in [6.07, 6.45) is 0. The van der Waals surface area contributed by atoms with Crippen LogP contribution in [0.4, 0.5) is 5.69 Å². The van der Waals surface area contributed by atoms with E-state index in [1.807, 2.05) is 32.0 Å². The first-order chi connectivity index (χ1) is 12.9. The van der Waals surface area contributed by atoms with E-state index in [-0.39, 0.29) is 18.1 Å². The fourth-order valence-electron chi connectivity index (χ4n) is 2.93. The van der Waals surface area contributed by atoms with Crippen molar-refractivity contribution in [3.63, 3.8) is 0 Å².